The van der Waals surface area contributed by atoms with Gasteiger partial charge in [0.05, 0.1) is 12.2 Å². The zero-order valence-corrected chi connectivity index (χ0v) is 15.2. The van der Waals surface area contributed by atoms with Gasteiger partial charge in [-0.25, -0.2) is 0 Å². The van der Waals surface area contributed by atoms with E-state index in [-0.39, 0.29) is 11.8 Å². The van der Waals surface area contributed by atoms with E-state index >= 15 is 0 Å². The Morgan fingerprint density at radius 2 is 2.16 bits per heavy atom. The van der Waals surface area contributed by atoms with Gasteiger partial charge in [0.15, 0.2) is 0 Å². The molecule has 0 N–H and O–H groups in total. The third-order valence-corrected chi connectivity index (χ3v) is 4.65. The monoisotopic (exact) mass is 342 g/mol. The quantitative estimate of drug-likeness (QED) is 0.837. The Morgan fingerprint density at radius 1 is 1.36 bits per heavy atom. The molecule has 2 heterocycles. The highest BCUT2D eigenvalue weighted by atomic mass is 16.5. The van der Waals surface area contributed by atoms with Gasteiger partial charge >= 0.3 is 0 Å². The van der Waals surface area contributed by atoms with Crippen LogP contribution in [0.4, 0.5) is 0 Å². The van der Waals surface area contributed by atoms with Gasteiger partial charge in [-0.1, -0.05) is 12.1 Å². The number of nitrogens with zero attached hydrogens (tertiary/aromatic N) is 4. The Hall–Kier alpha value is -2.37. The van der Waals surface area contributed by atoms with Crippen LogP contribution < -0.4 is 4.74 Å². The van der Waals surface area contributed by atoms with Crippen molar-refractivity contribution in [2.75, 3.05) is 19.7 Å². The molecule has 1 aromatic carbocycles. The van der Waals surface area contributed by atoms with Crippen molar-refractivity contribution in [1.82, 2.24) is 19.7 Å². The summed E-state index contributed by atoms with van der Waals surface area (Å²) < 4.78 is 7.73. The second-order valence-corrected chi connectivity index (χ2v) is 6.71. The molecule has 6 heteroatoms. The molecule has 1 amide bonds. The third-order valence-electron chi connectivity index (χ3n) is 4.65. The summed E-state index contributed by atoms with van der Waals surface area (Å²) in [5.74, 6) is 1.89. The SMILES string of the molecule is CCOc1ccccc1C(=O)N1CCCC(c2nncn2C(C)C)C1. The van der Waals surface area contributed by atoms with Crippen LogP contribution in [0.2, 0.25) is 0 Å². The van der Waals surface area contributed by atoms with Crippen molar-refractivity contribution < 1.29 is 9.53 Å². The summed E-state index contributed by atoms with van der Waals surface area (Å²) in [6.07, 6.45) is 3.78. The number of piperidine rings is 1. The van der Waals surface area contributed by atoms with E-state index < -0.39 is 0 Å². The number of aromatic nitrogens is 3. The van der Waals surface area contributed by atoms with Crippen molar-refractivity contribution in [2.45, 2.75) is 45.6 Å². The van der Waals surface area contributed by atoms with Gasteiger partial charge in [-0.15, -0.1) is 10.2 Å². The van der Waals surface area contributed by atoms with Gasteiger partial charge in [0.25, 0.3) is 5.91 Å². The van der Waals surface area contributed by atoms with Gasteiger partial charge in [0.1, 0.15) is 17.9 Å². The molecule has 25 heavy (non-hydrogen) atoms. The molecule has 1 saturated heterocycles. The number of rotatable bonds is 5. The van der Waals surface area contributed by atoms with Crippen LogP contribution in [0.15, 0.2) is 30.6 Å². The number of benzene rings is 1. The number of ether oxygens (including phenoxy) is 1. The number of amides is 1. The molecule has 0 spiro atoms. The lowest BCUT2D eigenvalue weighted by Crippen LogP contribution is -2.40. The maximum absolute atomic E-state index is 13.0. The summed E-state index contributed by atoms with van der Waals surface area (Å²) >= 11 is 0. The normalized spacial score (nSPS) is 17.8. The summed E-state index contributed by atoms with van der Waals surface area (Å²) in [5.41, 5.74) is 0.635. The lowest BCUT2D eigenvalue weighted by atomic mass is 9.96. The fraction of sp³-hybridized carbons (Fsp3) is 0.526. The predicted octanol–water partition coefficient (Wildman–Crippen LogP) is 3.28. The van der Waals surface area contributed by atoms with E-state index in [0.29, 0.717) is 30.5 Å². The second-order valence-electron chi connectivity index (χ2n) is 6.71. The van der Waals surface area contributed by atoms with Crippen molar-refractivity contribution in [2.24, 2.45) is 0 Å². The molecule has 1 aromatic heterocycles. The molecule has 134 valence electrons. The van der Waals surface area contributed by atoms with Gasteiger partial charge in [0, 0.05) is 25.0 Å². The average molecular weight is 342 g/mol. The Morgan fingerprint density at radius 3 is 2.92 bits per heavy atom. The number of carbonyl (C=O) groups excluding carboxylic acids is 1. The molecule has 0 radical (unpaired) electrons. The molecule has 3 rings (SSSR count). The lowest BCUT2D eigenvalue weighted by molar-refractivity contribution is 0.0698. The highest BCUT2D eigenvalue weighted by molar-refractivity contribution is 5.97. The molecule has 2 aromatic rings. The first-order valence-electron chi connectivity index (χ1n) is 9.02. The summed E-state index contributed by atoms with van der Waals surface area (Å²) in [4.78, 5) is 15.0. The molecule has 0 saturated carbocycles. The highest BCUT2D eigenvalue weighted by Gasteiger charge is 2.29. The molecule has 1 atom stereocenters. The second kappa shape index (κ2) is 7.68. The van der Waals surface area contributed by atoms with Crippen molar-refractivity contribution in [3.63, 3.8) is 0 Å². The average Bonchev–Trinajstić information content (AvgIpc) is 3.12. The number of hydrogen-bond donors (Lipinski definition) is 0. The number of likely N-dealkylation sites (tertiary alicyclic amines) is 1. The molecular formula is C19H26N4O2. The van der Waals surface area contributed by atoms with E-state index in [2.05, 4.69) is 28.6 Å². The van der Waals surface area contributed by atoms with Crippen LogP contribution in [0.3, 0.4) is 0 Å². The van der Waals surface area contributed by atoms with E-state index in [1.54, 1.807) is 6.33 Å². The van der Waals surface area contributed by atoms with E-state index in [4.69, 9.17) is 4.74 Å². The first-order valence-corrected chi connectivity index (χ1v) is 9.02. The third kappa shape index (κ3) is 3.67. The summed E-state index contributed by atoms with van der Waals surface area (Å²) in [6.45, 7) is 8.16. The topological polar surface area (TPSA) is 60.2 Å². The number of para-hydroxylation sites is 1. The van der Waals surface area contributed by atoms with E-state index in [1.807, 2.05) is 36.1 Å². The zero-order chi connectivity index (χ0) is 17.8. The molecule has 0 aliphatic carbocycles. The minimum atomic E-state index is 0.0318. The Balaban J connectivity index is 1.79. The minimum absolute atomic E-state index is 0.0318. The van der Waals surface area contributed by atoms with Crippen LogP contribution in [0.1, 0.15) is 61.8 Å². The Labute approximate surface area is 148 Å². The Kier molecular flexibility index (Phi) is 5.36. The van der Waals surface area contributed by atoms with Crippen molar-refractivity contribution in [1.29, 1.82) is 0 Å². The predicted molar refractivity (Wildman–Crippen MR) is 95.9 cm³/mol. The van der Waals surface area contributed by atoms with Crippen LogP contribution >= 0.6 is 0 Å². The van der Waals surface area contributed by atoms with Crippen molar-refractivity contribution >= 4 is 5.91 Å². The fourth-order valence-corrected chi connectivity index (χ4v) is 3.41. The van der Waals surface area contributed by atoms with E-state index in [9.17, 15) is 4.79 Å². The van der Waals surface area contributed by atoms with Crippen LogP contribution in [0, 0.1) is 0 Å². The summed E-state index contributed by atoms with van der Waals surface area (Å²) in [7, 11) is 0. The highest BCUT2D eigenvalue weighted by Crippen LogP contribution is 2.29. The molecule has 1 aliphatic heterocycles. The van der Waals surface area contributed by atoms with E-state index in [0.717, 1.165) is 25.2 Å². The first kappa shape index (κ1) is 17.5. The zero-order valence-electron chi connectivity index (χ0n) is 15.2. The van der Waals surface area contributed by atoms with Crippen molar-refractivity contribution in [3.05, 3.63) is 42.0 Å². The molecule has 0 bridgehead atoms. The van der Waals surface area contributed by atoms with Gasteiger partial charge in [-0.2, -0.15) is 0 Å². The fourth-order valence-electron chi connectivity index (χ4n) is 3.41. The van der Waals surface area contributed by atoms with Crippen LogP contribution in [-0.4, -0.2) is 45.3 Å². The Bertz CT molecular complexity index is 726. The number of carbonyl (C=O) groups is 1. The van der Waals surface area contributed by atoms with Gasteiger partial charge in [-0.05, 0) is 45.7 Å². The van der Waals surface area contributed by atoms with Crippen LogP contribution in [0.5, 0.6) is 5.75 Å². The molecule has 6 nitrogen and oxygen atoms in total. The standard InChI is InChI=1S/C19H26N4O2/c1-4-25-17-10-6-5-9-16(17)19(24)22-11-7-8-15(12-22)18-21-20-13-23(18)14(2)3/h5-6,9-10,13-15H,4,7-8,11-12H2,1-3H3. The maximum atomic E-state index is 13.0. The molecule has 1 aliphatic rings. The number of hydrogen-bond acceptors (Lipinski definition) is 4. The summed E-state index contributed by atoms with van der Waals surface area (Å²) in [6, 6.07) is 7.79. The van der Waals surface area contributed by atoms with Crippen molar-refractivity contribution in [3.8, 4) is 5.75 Å². The molecular weight excluding hydrogens is 316 g/mol. The van der Waals surface area contributed by atoms with Crippen LogP contribution in [0.25, 0.3) is 0 Å². The van der Waals surface area contributed by atoms with Gasteiger partial charge in [-0.3, -0.25) is 4.79 Å². The summed E-state index contributed by atoms with van der Waals surface area (Å²) in [5, 5.41) is 8.40. The van der Waals surface area contributed by atoms with E-state index in [1.165, 1.54) is 0 Å². The minimum Gasteiger partial charge on any atom is -0.493 e. The van der Waals surface area contributed by atoms with Gasteiger partial charge < -0.3 is 14.2 Å². The van der Waals surface area contributed by atoms with Crippen LogP contribution in [-0.2, 0) is 0 Å². The smallest absolute Gasteiger partial charge is 0.257 e. The van der Waals surface area contributed by atoms with Gasteiger partial charge in [0.2, 0.25) is 0 Å². The first-order chi connectivity index (χ1) is 12.1. The largest absolute Gasteiger partial charge is 0.493 e. The molecule has 1 unspecified atom stereocenters. The lowest BCUT2D eigenvalue weighted by Gasteiger charge is -2.33. The maximum Gasteiger partial charge on any atom is 0.257 e. The molecule has 1 fully saturated rings.